The lowest BCUT2D eigenvalue weighted by atomic mass is 10.2. The Kier molecular flexibility index (Phi) is 6.96. The van der Waals surface area contributed by atoms with Crippen molar-refractivity contribution in [3.63, 3.8) is 0 Å². The van der Waals surface area contributed by atoms with Crippen LogP contribution >= 0.6 is 0 Å². The molecule has 0 spiro atoms. The van der Waals surface area contributed by atoms with Crippen LogP contribution < -0.4 is 20.3 Å². The zero-order valence-electron chi connectivity index (χ0n) is 15.1. The van der Waals surface area contributed by atoms with Crippen LogP contribution in [0.2, 0.25) is 0 Å². The number of anilines is 1. The smallest absolute Gasteiger partial charge is 0.329 e. The first-order valence-electron chi connectivity index (χ1n) is 7.88. The van der Waals surface area contributed by atoms with Gasteiger partial charge in [-0.2, -0.15) is 10.7 Å². The minimum atomic E-state index is -0.543. The van der Waals surface area contributed by atoms with E-state index in [9.17, 15) is 4.79 Å². The first kappa shape index (κ1) is 19.5. The third kappa shape index (κ3) is 5.61. The monoisotopic (exact) mass is 369 g/mol. The van der Waals surface area contributed by atoms with Crippen LogP contribution in [0.3, 0.4) is 0 Å². The van der Waals surface area contributed by atoms with Gasteiger partial charge in [-0.05, 0) is 24.3 Å². The number of hydroxylamine groups is 1. The van der Waals surface area contributed by atoms with E-state index in [2.05, 4.69) is 20.8 Å². The average Bonchev–Trinajstić information content (AvgIpc) is 2.69. The number of aromatic nitrogens is 1. The molecule has 9 nitrogen and oxygen atoms in total. The Balaban J connectivity index is 2.28. The molecule has 0 fully saturated rings. The highest BCUT2D eigenvalue weighted by Crippen LogP contribution is 2.28. The van der Waals surface area contributed by atoms with Gasteiger partial charge in [0.1, 0.15) is 17.3 Å². The number of carbonyl (C=O) groups excluding carboxylic acids is 1. The number of nitrogens with zero attached hydrogens (tertiary/aromatic N) is 3. The van der Waals surface area contributed by atoms with Crippen LogP contribution in [0.15, 0.2) is 41.5 Å². The molecule has 2 rings (SSSR count). The van der Waals surface area contributed by atoms with Crippen LogP contribution in [0.25, 0.3) is 0 Å². The Morgan fingerprint density at radius 2 is 1.96 bits per heavy atom. The number of hydrogen-bond donors (Lipinski definition) is 2. The van der Waals surface area contributed by atoms with Crippen molar-refractivity contribution in [3.05, 3.63) is 47.7 Å². The van der Waals surface area contributed by atoms with Gasteiger partial charge in [-0.3, -0.25) is 4.79 Å². The molecule has 0 aliphatic carbocycles. The first-order valence-corrected chi connectivity index (χ1v) is 7.88. The summed E-state index contributed by atoms with van der Waals surface area (Å²) in [6.45, 7) is 1.42. The van der Waals surface area contributed by atoms with Gasteiger partial charge in [-0.1, -0.05) is 6.07 Å². The van der Waals surface area contributed by atoms with Gasteiger partial charge >= 0.3 is 5.97 Å². The highest BCUT2D eigenvalue weighted by atomic mass is 16.7. The largest absolute Gasteiger partial charge is 0.496 e. The highest BCUT2D eigenvalue weighted by Gasteiger charge is 2.11. The number of hydrogen-bond acceptors (Lipinski definition) is 7. The van der Waals surface area contributed by atoms with Crippen LogP contribution in [-0.2, 0) is 16.2 Å². The molecule has 0 bridgehead atoms. The Morgan fingerprint density at radius 3 is 2.56 bits per heavy atom. The van der Waals surface area contributed by atoms with Gasteiger partial charge in [0, 0.05) is 13.1 Å². The summed E-state index contributed by atoms with van der Waals surface area (Å²) in [4.78, 5) is 24.4. The van der Waals surface area contributed by atoms with Crippen molar-refractivity contribution >= 4 is 17.7 Å². The van der Waals surface area contributed by atoms with Crippen molar-refractivity contribution in [1.82, 2.24) is 10.5 Å². The van der Waals surface area contributed by atoms with Crippen LogP contribution in [0.1, 0.15) is 18.1 Å². The number of methoxy groups -OCH3 is 2. The van der Waals surface area contributed by atoms with Gasteiger partial charge in [-0.15, -0.1) is 0 Å². The standard InChI is InChI=1S/C18H19N5O4/c1-12(24)27-23-18(22-17-9-13(10-19)7-8-20-17)21-11-14-15(25-2)5-4-6-16(14)26-3/h4-9H,11H2,1-3H3,(H2,20,21,22,23). The Labute approximate surface area is 156 Å². The van der Waals surface area contributed by atoms with Crippen molar-refractivity contribution in [3.8, 4) is 17.6 Å². The summed E-state index contributed by atoms with van der Waals surface area (Å²) in [5, 5.41) is 11.9. The number of guanidine groups is 1. The lowest BCUT2D eigenvalue weighted by Gasteiger charge is -2.13. The molecule has 2 N–H and O–H groups in total. The van der Waals surface area contributed by atoms with E-state index in [1.54, 1.807) is 38.5 Å². The predicted octanol–water partition coefficient (Wildman–Crippen LogP) is 2.01. The molecule has 0 aliphatic heterocycles. The van der Waals surface area contributed by atoms with E-state index in [1.807, 2.05) is 6.07 Å². The van der Waals surface area contributed by atoms with E-state index in [1.165, 1.54) is 19.2 Å². The molecule has 0 amide bonds. The number of pyridine rings is 1. The molecule has 1 heterocycles. The second kappa shape index (κ2) is 9.62. The van der Waals surface area contributed by atoms with Crippen molar-refractivity contribution in [2.24, 2.45) is 4.99 Å². The van der Waals surface area contributed by atoms with Crippen molar-refractivity contribution in [1.29, 1.82) is 5.26 Å². The second-order valence-corrected chi connectivity index (χ2v) is 5.17. The summed E-state index contributed by atoms with van der Waals surface area (Å²) in [7, 11) is 3.10. The summed E-state index contributed by atoms with van der Waals surface area (Å²) in [6, 6.07) is 10.5. The Bertz CT molecular complexity index is 854. The molecular weight excluding hydrogens is 350 g/mol. The molecule has 140 valence electrons. The number of nitrogens with one attached hydrogen (secondary N) is 2. The van der Waals surface area contributed by atoms with Crippen LogP contribution in [0.5, 0.6) is 11.5 Å². The first-order chi connectivity index (χ1) is 13.1. The van der Waals surface area contributed by atoms with Crippen molar-refractivity contribution in [2.45, 2.75) is 13.5 Å². The van der Waals surface area contributed by atoms with Crippen molar-refractivity contribution < 1.29 is 19.1 Å². The summed E-state index contributed by atoms with van der Waals surface area (Å²) in [5.41, 5.74) is 3.57. The molecule has 2 aromatic rings. The molecule has 0 saturated carbocycles. The fraction of sp³-hybridized carbons (Fsp3) is 0.222. The predicted molar refractivity (Wildman–Crippen MR) is 98.2 cm³/mol. The van der Waals surface area contributed by atoms with E-state index in [-0.39, 0.29) is 12.5 Å². The minimum absolute atomic E-state index is 0.126. The number of ether oxygens (including phenoxy) is 2. The SMILES string of the molecule is COc1cccc(OC)c1CN=C(NOC(C)=O)Nc1cc(C#N)ccn1. The Hall–Kier alpha value is -3.80. The summed E-state index contributed by atoms with van der Waals surface area (Å²) in [6.07, 6.45) is 1.48. The number of benzene rings is 1. The number of aliphatic imine (C=N–C) groups is 1. The fourth-order valence-electron chi connectivity index (χ4n) is 2.15. The molecule has 0 atom stereocenters. The van der Waals surface area contributed by atoms with Gasteiger partial charge in [0.2, 0.25) is 5.96 Å². The highest BCUT2D eigenvalue weighted by molar-refractivity contribution is 5.92. The average molecular weight is 369 g/mol. The van der Waals surface area contributed by atoms with E-state index < -0.39 is 5.97 Å². The lowest BCUT2D eigenvalue weighted by Crippen LogP contribution is -2.32. The Morgan fingerprint density at radius 1 is 1.26 bits per heavy atom. The van der Waals surface area contributed by atoms with E-state index in [0.717, 1.165) is 0 Å². The quantitative estimate of drug-likeness (QED) is 0.467. The number of carbonyl (C=O) groups is 1. The van der Waals surface area contributed by atoms with E-state index in [4.69, 9.17) is 19.6 Å². The summed E-state index contributed by atoms with van der Waals surface area (Å²) in [5.74, 6) is 1.15. The van der Waals surface area contributed by atoms with Gasteiger partial charge in [-0.25, -0.2) is 9.98 Å². The maximum Gasteiger partial charge on any atom is 0.329 e. The zero-order chi connectivity index (χ0) is 19.6. The molecule has 1 aromatic carbocycles. The molecule has 9 heteroatoms. The van der Waals surface area contributed by atoms with Gasteiger partial charge in [0.05, 0.1) is 38.0 Å². The fourth-order valence-corrected chi connectivity index (χ4v) is 2.15. The normalized spacial score (nSPS) is 10.5. The molecule has 0 aliphatic rings. The molecule has 27 heavy (non-hydrogen) atoms. The summed E-state index contributed by atoms with van der Waals surface area (Å²) >= 11 is 0. The molecular formula is C18H19N5O4. The zero-order valence-corrected chi connectivity index (χ0v) is 15.1. The topological polar surface area (TPSA) is 118 Å². The van der Waals surface area contributed by atoms with Crippen LogP contribution in [0.4, 0.5) is 5.82 Å². The third-order valence-corrected chi connectivity index (χ3v) is 3.35. The van der Waals surface area contributed by atoms with E-state index >= 15 is 0 Å². The molecule has 1 aromatic heterocycles. The third-order valence-electron chi connectivity index (χ3n) is 3.35. The maximum absolute atomic E-state index is 11.1. The van der Waals surface area contributed by atoms with Gasteiger partial charge < -0.3 is 19.6 Å². The minimum Gasteiger partial charge on any atom is -0.496 e. The summed E-state index contributed by atoms with van der Waals surface area (Å²) < 4.78 is 10.7. The lowest BCUT2D eigenvalue weighted by molar-refractivity contribution is -0.145. The molecule has 0 saturated heterocycles. The van der Waals surface area contributed by atoms with Gasteiger partial charge in [0.15, 0.2) is 0 Å². The number of rotatable bonds is 5. The van der Waals surface area contributed by atoms with Gasteiger partial charge in [0.25, 0.3) is 0 Å². The molecule has 0 unspecified atom stereocenters. The maximum atomic E-state index is 11.1. The van der Waals surface area contributed by atoms with E-state index in [0.29, 0.717) is 28.4 Å². The number of nitriles is 1. The second-order valence-electron chi connectivity index (χ2n) is 5.17. The molecule has 0 radical (unpaired) electrons. The van der Waals surface area contributed by atoms with Crippen molar-refractivity contribution in [2.75, 3.05) is 19.5 Å². The van der Waals surface area contributed by atoms with Crippen LogP contribution in [-0.4, -0.2) is 31.1 Å². The van der Waals surface area contributed by atoms with Crippen LogP contribution in [0, 0.1) is 11.3 Å².